The van der Waals surface area contributed by atoms with Gasteiger partial charge in [-0.15, -0.1) is 0 Å². The van der Waals surface area contributed by atoms with Gasteiger partial charge in [0, 0.05) is 19.7 Å². The molecule has 1 rings (SSSR count). The Kier molecular flexibility index (Phi) is 5.58. The van der Waals surface area contributed by atoms with Gasteiger partial charge in [-0.1, -0.05) is 13.8 Å². The first-order valence-corrected chi connectivity index (χ1v) is 6.07. The number of aliphatic hydroxyl groups is 1. The molecule has 0 spiro atoms. The first-order chi connectivity index (χ1) is 7.13. The topological polar surface area (TPSA) is 41.5 Å². The first-order valence-electron chi connectivity index (χ1n) is 6.07. The van der Waals surface area contributed by atoms with Crippen LogP contribution in [0, 0.1) is 5.92 Å². The van der Waals surface area contributed by atoms with E-state index in [0.717, 1.165) is 19.4 Å². The van der Waals surface area contributed by atoms with Crippen molar-refractivity contribution in [3.8, 4) is 0 Å². The van der Waals surface area contributed by atoms with Crippen molar-refractivity contribution in [1.29, 1.82) is 0 Å². The monoisotopic (exact) mass is 215 g/mol. The fraction of sp³-hybridized carbons (Fsp3) is 1.00. The zero-order valence-corrected chi connectivity index (χ0v) is 10.2. The van der Waals surface area contributed by atoms with Crippen molar-refractivity contribution in [1.82, 2.24) is 5.32 Å². The third-order valence-electron chi connectivity index (χ3n) is 3.39. The maximum Gasteiger partial charge on any atom is 0.0687 e. The van der Waals surface area contributed by atoms with Crippen LogP contribution in [0.5, 0.6) is 0 Å². The zero-order chi connectivity index (χ0) is 11.3. The Morgan fingerprint density at radius 1 is 1.27 bits per heavy atom. The molecular formula is C12H25NO2. The second-order valence-corrected chi connectivity index (χ2v) is 4.93. The van der Waals surface area contributed by atoms with Gasteiger partial charge in [0.05, 0.1) is 12.2 Å². The van der Waals surface area contributed by atoms with E-state index in [2.05, 4.69) is 5.32 Å². The maximum absolute atomic E-state index is 9.67. The Morgan fingerprint density at radius 3 is 2.33 bits per heavy atom. The molecule has 90 valence electrons. The molecule has 3 heteroatoms. The summed E-state index contributed by atoms with van der Waals surface area (Å²) in [4.78, 5) is 0. The summed E-state index contributed by atoms with van der Waals surface area (Å²) < 4.78 is 5.33. The summed E-state index contributed by atoms with van der Waals surface area (Å²) in [6.45, 7) is 4.82. The van der Waals surface area contributed by atoms with Gasteiger partial charge < -0.3 is 15.2 Å². The number of aliphatic hydroxyl groups excluding tert-OH is 1. The Morgan fingerprint density at radius 2 is 1.87 bits per heavy atom. The lowest BCUT2D eigenvalue weighted by Crippen LogP contribution is -2.40. The van der Waals surface area contributed by atoms with E-state index >= 15 is 0 Å². The van der Waals surface area contributed by atoms with Crippen LogP contribution in [0.2, 0.25) is 0 Å². The standard InChI is InChI=1S/C12H25NO2/c1-9(2)12(14)8-13-10-4-6-11(15-3)7-5-10/h9-14H,4-8H2,1-3H3. The lowest BCUT2D eigenvalue weighted by molar-refractivity contribution is 0.0583. The largest absolute Gasteiger partial charge is 0.392 e. The summed E-state index contributed by atoms with van der Waals surface area (Å²) in [5.74, 6) is 0.341. The molecule has 0 amide bonds. The van der Waals surface area contributed by atoms with Gasteiger partial charge >= 0.3 is 0 Å². The normalized spacial score (nSPS) is 29.4. The molecule has 0 aromatic carbocycles. The Hall–Kier alpha value is -0.120. The summed E-state index contributed by atoms with van der Waals surface area (Å²) in [7, 11) is 1.79. The highest BCUT2D eigenvalue weighted by Crippen LogP contribution is 2.20. The van der Waals surface area contributed by atoms with E-state index < -0.39 is 0 Å². The predicted molar refractivity (Wildman–Crippen MR) is 61.9 cm³/mol. The molecule has 0 aromatic heterocycles. The van der Waals surface area contributed by atoms with Crippen molar-refractivity contribution in [2.24, 2.45) is 5.92 Å². The van der Waals surface area contributed by atoms with E-state index in [-0.39, 0.29) is 6.10 Å². The highest BCUT2D eigenvalue weighted by atomic mass is 16.5. The fourth-order valence-electron chi connectivity index (χ4n) is 2.03. The van der Waals surface area contributed by atoms with Gasteiger partial charge in [0.1, 0.15) is 0 Å². The molecule has 3 nitrogen and oxygen atoms in total. The van der Waals surface area contributed by atoms with Crippen molar-refractivity contribution in [2.45, 2.75) is 57.8 Å². The Bertz CT molecular complexity index is 165. The second-order valence-electron chi connectivity index (χ2n) is 4.93. The number of nitrogens with one attached hydrogen (secondary N) is 1. The molecule has 1 atom stereocenters. The van der Waals surface area contributed by atoms with Gasteiger partial charge in [-0.3, -0.25) is 0 Å². The highest BCUT2D eigenvalue weighted by Gasteiger charge is 2.21. The molecule has 1 aliphatic carbocycles. The van der Waals surface area contributed by atoms with Crippen LogP contribution in [0.1, 0.15) is 39.5 Å². The van der Waals surface area contributed by atoms with Crippen molar-refractivity contribution >= 4 is 0 Å². The fourth-order valence-corrected chi connectivity index (χ4v) is 2.03. The van der Waals surface area contributed by atoms with Crippen molar-refractivity contribution in [3.05, 3.63) is 0 Å². The Labute approximate surface area is 93.2 Å². The van der Waals surface area contributed by atoms with Gasteiger partial charge in [0.15, 0.2) is 0 Å². The average Bonchev–Trinajstić information content (AvgIpc) is 2.26. The number of methoxy groups -OCH3 is 1. The number of ether oxygens (including phenoxy) is 1. The molecule has 0 bridgehead atoms. The van der Waals surface area contributed by atoms with Crippen LogP contribution in [0.3, 0.4) is 0 Å². The minimum Gasteiger partial charge on any atom is -0.392 e. The van der Waals surface area contributed by atoms with Gasteiger partial charge in [-0.05, 0) is 31.6 Å². The minimum atomic E-state index is -0.217. The zero-order valence-electron chi connectivity index (χ0n) is 10.2. The summed E-state index contributed by atoms with van der Waals surface area (Å²) >= 11 is 0. The molecule has 1 unspecified atom stereocenters. The minimum absolute atomic E-state index is 0.217. The summed E-state index contributed by atoms with van der Waals surface area (Å²) in [5.41, 5.74) is 0. The van der Waals surface area contributed by atoms with E-state index in [1.807, 2.05) is 13.8 Å². The highest BCUT2D eigenvalue weighted by molar-refractivity contribution is 4.78. The van der Waals surface area contributed by atoms with Gasteiger partial charge in [-0.25, -0.2) is 0 Å². The van der Waals surface area contributed by atoms with E-state index in [4.69, 9.17) is 4.74 Å². The van der Waals surface area contributed by atoms with Crippen LogP contribution in [0.4, 0.5) is 0 Å². The van der Waals surface area contributed by atoms with Crippen LogP contribution in [-0.4, -0.2) is 37.0 Å². The van der Waals surface area contributed by atoms with Crippen LogP contribution in [0.25, 0.3) is 0 Å². The second kappa shape index (κ2) is 6.46. The van der Waals surface area contributed by atoms with Gasteiger partial charge in [-0.2, -0.15) is 0 Å². The number of hydrogen-bond acceptors (Lipinski definition) is 3. The summed E-state index contributed by atoms with van der Waals surface area (Å²) in [5, 5.41) is 13.1. The molecular weight excluding hydrogens is 190 g/mol. The molecule has 1 aliphatic rings. The molecule has 1 fully saturated rings. The average molecular weight is 215 g/mol. The lowest BCUT2D eigenvalue weighted by atomic mass is 9.92. The quantitative estimate of drug-likeness (QED) is 0.731. The van der Waals surface area contributed by atoms with Crippen molar-refractivity contribution < 1.29 is 9.84 Å². The maximum atomic E-state index is 9.67. The van der Waals surface area contributed by atoms with Gasteiger partial charge in [0.2, 0.25) is 0 Å². The molecule has 2 N–H and O–H groups in total. The van der Waals surface area contributed by atoms with Crippen molar-refractivity contribution in [3.63, 3.8) is 0 Å². The smallest absolute Gasteiger partial charge is 0.0687 e. The third kappa shape index (κ3) is 4.49. The summed E-state index contributed by atoms with van der Waals surface area (Å²) in [6, 6.07) is 0.574. The lowest BCUT2D eigenvalue weighted by Gasteiger charge is -2.29. The van der Waals surface area contributed by atoms with Gasteiger partial charge in [0.25, 0.3) is 0 Å². The molecule has 0 heterocycles. The van der Waals surface area contributed by atoms with Crippen LogP contribution in [0.15, 0.2) is 0 Å². The van der Waals surface area contributed by atoms with Crippen LogP contribution in [-0.2, 0) is 4.74 Å². The molecule has 15 heavy (non-hydrogen) atoms. The number of rotatable bonds is 5. The van der Waals surface area contributed by atoms with Crippen LogP contribution < -0.4 is 5.32 Å². The van der Waals surface area contributed by atoms with Crippen molar-refractivity contribution in [2.75, 3.05) is 13.7 Å². The Balaban J connectivity index is 2.13. The molecule has 0 aliphatic heterocycles. The SMILES string of the molecule is COC1CCC(NCC(O)C(C)C)CC1. The molecule has 0 aromatic rings. The first kappa shape index (κ1) is 12.9. The molecule has 0 radical (unpaired) electrons. The van der Waals surface area contributed by atoms with E-state index in [1.54, 1.807) is 7.11 Å². The molecule has 1 saturated carbocycles. The third-order valence-corrected chi connectivity index (χ3v) is 3.39. The number of hydrogen-bond donors (Lipinski definition) is 2. The predicted octanol–water partition coefficient (Wildman–Crippen LogP) is 1.55. The van der Waals surface area contributed by atoms with E-state index in [1.165, 1.54) is 12.8 Å². The van der Waals surface area contributed by atoms with E-state index in [0.29, 0.717) is 18.1 Å². The van der Waals surface area contributed by atoms with Crippen LogP contribution >= 0.6 is 0 Å². The summed E-state index contributed by atoms with van der Waals surface area (Å²) in [6.07, 6.45) is 4.87. The molecule has 0 saturated heterocycles. The van der Waals surface area contributed by atoms with E-state index in [9.17, 15) is 5.11 Å².